The molecule has 4 heteroatoms. The molecule has 124 valence electrons. The van der Waals surface area contributed by atoms with Gasteiger partial charge in [-0.3, -0.25) is 15.4 Å². The number of carbonyl (C=O) groups excluding carboxylic acids is 1. The summed E-state index contributed by atoms with van der Waals surface area (Å²) in [5.74, 6) is 0.251. The first kappa shape index (κ1) is 18.8. The number of ether oxygens (including phenoxy) is 1. The summed E-state index contributed by atoms with van der Waals surface area (Å²) in [5.41, 5.74) is 1.10. The van der Waals surface area contributed by atoms with Crippen molar-refractivity contribution in [3.8, 4) is 0 Å². The molecule has 2 N–H and O–H groups in total. The fourth-order valence-corrected chi connectivity index (χ4v) is 2.22. The van der Waals surface area contributed by atoms with Gasteiger partial charge in [-0.05, 0) is 11.0 Å². The fraction of sp³-hybridized carbons (Fsp3) is 0.611. The Labute approximate surface area is 134 Å². The molecule has 1 rings (SSSR count). The predicted molar refractivity (Wildman–Crippen MR) is 90.3 cm³/mol. The van der Waals surface area contributed by atoms with Crippen LogP contribution in [0.2, 0.25) is 0 Å². The molecule has 4 nitrogen and oxygen atoms in total. The summed E-state index contributed by atoms with van der Waals surface area (Å²) in [4.78, 5) is 12.3. The van der Waals surface area contributed by atoms with Crippen molar-refractivity contribution in [3.05, 3.63) is 35.9 Å². The molecule has 0 saturated heterocycles. The second-order valence-corrected chi connectivity index (χ2v) is 6.97. The topological polar surface area (TPSA) is 50.4 Å². The van der Waals surface area contributed by atoms with Gasteiger partial charge in [0.25, 0.3) is 0 Å². The molecule has 0 amide bonds. The lowest BCUT2D eigenvalue weighted by molar-refractivity contribution is -0.127. The Hall–Kier alpha value is -1.23. The number of Topliss-reactive ketones (excluding diaryl/α,β-unsaturated/α-hetero) is 1. The highest BCUT2D eigenvalue weighted by molar-refractivity contribution is 5.86. The summed E-state index contributed by atoms with van der Waals surface area (Å²) in [7, 11) is 0. The lowest BCUT2D eigenvalue weighted by Crippen LogP contribution is -2.49. The summed E-state index contributed by atoms with van der Waals surface area (Å²) < 4.78 is 5.54. The van der Waals surface area contributed by atoms with Crippen LogP contribution in [-0.4, -0.2) is 25.3 Å². The summed E-state index contributed by atoms with van der Waals surface area (Å²) in [6.45, 7) is 11.7. The van der Waals surface area contributed by atoms with E-state index in [0.717, 1.165) is 6.54 Å². The molecule has 0 radical (unpaired) electrons. The van der Waals surface area contributed by atoms with Crippen LogP contribution in [0.3, 0.4) is 0 Å². The van der Waals surface area contributed by atoms with Crippen LogP contribution in [0, 0.1) is 11.3 Å². The second kappa shape index (κ2) is 9.03. The number of hydrogen-bond donors (Lipinski definition) is 2. The van der Waals surface area contributed by atoms with Gasteiger partial charge in [0.15, 0.2) is 5.78 Å². The molecule has 0 bridgehead atoms. The maximum atomic E-state index is 12.3. The number of ketones is 1. The van der Waals surface area contributed by atoms with E-state index in [4.69, 9.17) is 4.74 Å². The Bertz CT molecular complexity index is 438. The van der Waals surface area contributed by atoms with Crippen LogP contribution in [0.1, 0.15) is 40.2 Å². The molecule has 1 unspecified atom stereocenters. The first-order valence-corrected chi connectivity index (χ1v) is 7.92. The van der Waals surface area contributed by atoms with Crippen LogP contribution in [0.15, 0.2) is 30.3 Å². The van der Waals surface area contributed by atoms with E-state index in [0.29, 0.717) is 13.5 Å². The summed E-state index contributed by atoms with van der Waals surface area (Å²) >= 11 is 0. The van der Waals surface area contributed by atoms with Gasteiger partial charge in [0, 0.05) is 12.5 Å². The van der Waals surface area contributed by atoms with Crippen molar-refractivity contribution in [2.75, 3.05) is 13.5 Å². The van der Waals surface area contributed by atoms with E-state index in [1.807, 2.05) is 32.0 Å². The Morgan fingerprint density at radius 1 is 1.14 bits per heavy atom. The van der Waals surface area contributed by atoms with E-state index in [9.17, 15) is 4.79 Å². The molecule has 0 aromatic heterocycles. The van der Waals surface area contributed by atoms with Gasteiger partial charge in [0.1, 0.15) is 0 Å². The van der Waals surface area contributed by atoms with E-state index in [-0.39, 0.29) is 23.2 Å². The van der Waals surface area contributed by atoms with Crippen molar-refractivity contribution in [2.45, 2.75) is 47.2 Å². The Kier molecular flexibility index (Phi) is 7.73. The quantitative estimate of drug-likeness (QED) is 0.544. The fourth-order valence-electron chi connectivity index (χ4n) is 2.22. The lowest BCUT2D eigenvalue weighted by Gasteiger charge is -2.31. The van der Waals surface area contributed by atoms with Gasteiger partial charge < -0.3 is 4.74 Å². The average molecular weight is 306 g/mol. The molecule has 0 spiro atoms. The van der Waals surface area contributed by atoms with E-state index in [2.05, 4.69) is 43.5 Å². The smallest absolute Gasteiger partial charge is 0.152 e. The minimum Gasteiger partial charge on any atom is -0.351 e. The van der Waals surface area contributed by atoms with Crippen LogP contribution in [0.4, 0.5) is 0 Å². The third kappa shape index (κ3) is 6.69. The average Bonchev–Trinajstić information content (AvgIpc) is 2.45. The Morgan fingerprint density at radius 2 is 1.77 bits per heavy atom. The number of hydrogen-bond acceptors (Lipinski definition) is 4. The Morgan fingerprint density at radius 3 is 2.32 bits per heavy atom. The van der Waals surface area contributed by atoms with Crippen molar-refractivity contribution in [1.82, 2.24) is 10.6 Å². The largest absolute Gasteiger partial charge is 0.351 e. The van der Waals surface area contributed by atoms with Crippen molar-refractivity contribution >= 4 is 5.78 Å². The molecule has 0 fully saturated rings. The van der Waals surface area contributed by atoms with E-state index < -0.39 is 0 Å². The zero-order chi connectivity index (χ0) is 16.6. The van der Waals surface area contributed by atoms with E-state index in [1.54, 1.807) is 0 Å². The van der Waals surface area contributed by atoms with Gasteiger partial charge in [0.05, 0.1) is 19.5 Å². The summed E-state index contributed by atoms with van der Waals surface area (Å²) in [5, 5.41) is 6.45. The lowest BCUT2D eigenvalue weighted by atomic mass is 9.81. The van der Waals surface area contributed by atoms with Gasteiger partial charge in [-0.15, -0.1) is 0 Å². The minimum absolute atomic E-state index is 0.0212. The number of nitrogens with one attached hydrogen (secondary N) is 2. The van der Waals surface area contributed by atoms with Crippen LogP contribution in [0.25, 0.3) is 0 Å². The molecule has 0 aliphatic rings. The maximum absolute atomic E-state index is 12.3. The molecule has 0 aliphatic heterocycles. The monoisotopic (exact) mass is 306 g/mol. The van der Waals surface area contributed by atoms with Crippen molar-refractivity contribution in [2.24, 2.45) is 11.3 Å². The van der Waals surface area contributed by atoms with Crippen LogP contribution < -0.4 is 10.6 Å². The van der Waals surface area contributed by atoms with Crippen molar-refractivity contribution in [3.63, 3.8) is 0 Å². The molecule has 1 atom stereocenters. The first-order chi connectivity index (χ1) is 10.3. The molecule has 1 aromatic carbocycles. The summed E-state index contributed by atoms with van der Waals surface area (Å²) in [6, 6.07) is 9.99. The number of benzene rings is 1. The molecular formula is C18H30N2O2. The summed E-state index contributed by atoms with van der Waals surface area (Å²) in [6.07, 6.45) is 0. The third-order valence-corrected chi connectivity index (χ3v) is 3.49. The van der Waals surface area contributed by atoms with Gasteiger partial charge in [-0.1, -0.05) is 65.0 Å². The molecule has 0 heterocycles. The SMILES string of the molecule is CC(C)C(=O)C(NCOCNCc1ccccc1)C(C)(C)C. The number of carbonyl (C=O) groups is 1. The maximum Gasteiger partial charge on any atom is 0.152 e. The van der Waals surface area contributed by atoms with Gasteiger partial charge >= 0.3 is 0 Å². The molecular weight excluding hydrogens is 276 g/mol. The zero-order valence-corrected chi connectivity index (χ0v) is 14.5. The van der Waals surface area contributed by atoms with Gasteiger partial charge in [0.2, 0.25) is 0 Å². The van der Waals surface area contributed by atoms with Crippen LogP contribution >= 0.6 is 0 Å². The highest BCUT2D eigenvalue weighted by atomic mass is 16.5. The standard InChI is InChI=1S/C18H30N2O2/c1-14(2)16(21)17(18(3,4)5)20-13-22-12-19-11-15-9-7-6-8-10-15/h6-10,14,17,19-20H,11-13H2,1-5H3. The third-order valence-electron chi connectivity index (χ3n) is 3.49. The van der Waals surface area contributed by atoms with Crippen molar-refractivity contribution < 1.29 is 9.53 Å². The predicted octanol–water partition coefficient (Wildman–Crippen LogP) is 2.94. The van der Waals surface area contributed by atoms with E-state index >= 15 is 0 Å². The van der Waals surface area contributed by atoms with E-state index in [1.165, 1.54) is 5.56 Å². The molecule has 0 aliphatic carbocycles. The normalized spacial score (nSPS) is 13.4. The minimum atomic E-state index is -0.193. The highest BCUT2D eigenvalue weighted by Crippen LogP contribution is 2.22. The number of rotatable bonds is 9. The second-order valence-electron chi connectivity index (χ2n) is 6.97. The van der Waals surface area contributed by atoms with Gasteiger partial charge in [-0.2, -0.15) is 0 Å². The van der Waals surface area contributed by atoms with Crippen LogP contribution in [0.5, 0.6) is 0 Å². The first-order valence-electron chi connectivity index (χ1n) is 7.92. The molecule has 1 aromatic rings. The van der Waals surface area contributed by atoms with Crippen LogP contribution in [-0.2, 0) is 16.1 Å². The Balaban J connectivity index is 2.27. The molecule has 0 saturated carbocycles. The van der Waals surface area contributed by atoms with Crippen molar-refractivity contribution in [1.29, 1.82) is 0 Å². The zero-order valence-electron chi connectivity index (χ0n) is 14.5. The highest BCUT2D eigenvalue weighted by Gasteiger charge is 2.31. The van der Waals surface area contributed by atoms with Gasteiger partial charge in [-0.25, -0.2) is 0 Å². The molecule has 22 heavy (non-hydrogen) atoms.